The standard InChI is InChI=1S/C18H23N6O3S/c1-11-10-27-6-5-24(11)16-9-15(23-28(25)13-3-4-13)21-18(22-16)12-7-14(19)20-17(8-12)26-2/h7-9,11,13H,3-6,10H2,1-2H3,(H2,19,20)/q-1/t11-/m1/s1. The first-order valence-corrected chi connectivity index (χ1v) is 10.4. The van der Waals surface area contributed by atoms with E-state index in [2.05, 4.69) is 26.2 Å². The molecule has 2 aromatic rings. The van der Waals surface area contributed by atoms with Gasteiger partial charge in [-0.25, -0.2) is 9.97 Å². The van der Waals surface area contributed by atoms with Gasteiger partial charge >= 0.3 is 0 Å². The monoisotopic (exact) mass is 403 g/mol. The predicted molar refractivity (Wildman–Crippen MR) is 107 cm³/mol. The van der Waals surface area contributed by atoms with Crippen LogP contribution < -0.4 is 15.4 Å². The number of methoxy groups -OCH3 is 1. The fourth-order valence-corrected chi connectivity index (χ4v) is 3.97. The highest BCUT2D eigenvalue weighted by Gasteiger charge is 2.22. The second-order valence-corrected chi connectivity index (χ2v) is 8.32. The molecule has 150 valence electrons. The lowest BCUT2D eigenvalue weighted by molar-refractivity contribution is 0.0985. The highest BCUT2D eigenvalue weighted by molar-refractivity contribution is 7.76. The van der Waals surface area contributed by atoms with Gasteiger partial charge in [0.2, 0.25) is 5.88 Å². The molecule has 0 bridgehead atoms. The Balaban J connectivity index is 1.80. The average molecular weight is 403 g/mol. The van der Waals surface area contributed by atoms with Crippen LogP contribution in [0, 0.1) is 0 Å². The molecule has 4 rings (SSSR count). The van der Waals surface area contributed by atoms with Crippen LogP contribution in [0.15, 0.2) is 22.6 Å². The zero-order valence-corrected chi connectivity index (χ0v) is 16.7. The van der Waals surface area contributed by atoms with Gasteiger partial charge in [-0.3, -0.25) is 0 Å². The third-order valence-corrected chi connectivity index (χ3v) is 6.05. The van der Waals surface area contributed by atoms with E-state index in [0.29, 0.717) is 48.7 Å². The first-order chi connectivity index (χ1) is 13.5. The Kier molecular flexibility index (Phi) is 5.31. The largest absolute Gasteiger partial charge is 0.481 e. The molecule has 1 aliphatic heterocycles. The van der Waals surface area contributed by atoms with Gasteiger partial charge < -0.3 is 28.7 Å². The quantitative estimate of drug-likeness (QED) is 0.756. The van der Waals surface area contributed by atoms with Gasteiger partial charge in [0, 0.05) is 24.2 Å². The highest BCUT2D eigenvalue weighted by atomic mass is 32.2. The summed E-state index contributed by atoms with van der Waals surface area (Å²) in [5.74, 6) is 2.25. The lowest BCUT2D eigenvalue weighted by atomic mass is 10.2. The van der Waals surface area contributed by atoms with Gasteiger partial charge in [-0.2, -0.15) is 15.6 Å². The number of ether oxygens (including phenoxy) is 2. The van der Waals surface area contributed by atoms with E-state index in [1.165, 1.54) is 7.11 Å². The number of nitrogen functional groups attached to an aromatic ring is 1. The van der Waals surface area contributed by atoms with E-state index in [0.717, 1.165) is 18.7 Å². The van der Waals surface area contributed by atoms with Crippen molar-refractivity contribution in [2.45, 2.75) is 31.1 Å². The van der Waals surface area contributed by atoms with E-state index in [9.17, 15) is 4.21 Å². The molecule has 0 spiro atoms. The number of hydrogen-bond donors (Lipinski definition) is 1. The minimum Gasteiger partial charge on any atom is -0.481 e. The first kappa shape index (κ1) is 18.9. The summed E-state index contributed by atoms with van der Waals surface area (Å²) in [6, 6.07) is 5.36. The number of morpholine rings is 1. The van der Waals surface area contributed by atoms with Crippen molar-refractivity contribution in [3.63, 3.8) is 0 Å². The normalized spacial score (nSPS) is 20.9. The van der Waals surface area contributed by atoms with E-state index < -0.39 is 10.6 Å². The number of nitrogens with two attached hydrogens (primary N) is 1. The van der Waals surface area contributed by atoms with Crippen molar-refractivity contribution >= 4 is 28.0 Å². The summed E-state index contributed by atoms with van der Waals surface area (Å²) in [6.07, 6.45) is 1.89. The van der Waals surface area contributed by atoms with E-state index in [1.807, 2.05) is 0 Å². The van der Waals surface area contributed by atoms with Gasteiger partial charge in [0.05, 0.1) is 26.4 Å². The van der Waals surface area contributed by atoms with Gasteiger partial charge in [-0.05, 0) is 13.0 Å². The van der Waals surface area contributed by atoms with Crippen molar-refractivity contribution in [3.8, 4) is 17.3 Å². The summed E-state index contributed by atoms with van der Waals surface area (Å²) in [5, 5.41) is 0.140. The molecule has 1 saturated carbocycles. The molecule has 2 N–H and O–H groups in total. The second-order valence-electron chi connectivity index (χ2n) is 6.92. The Labute approximate surface area is 165 Å². The molecule has 2 fully saturated rings. The maximum Gasteiger partial charge on any atom is 0.215 e. The minimum atomic E-state index is -1.28. The Morgan fingerprint density at radius 2 is 2.11 bits per heavy atom. The zero-order valence-electron chi connectivity index (χ0n) is 15.9. The minimum absolute atomic E-state index is 0.140. The van der Waals surface area contributed by atoms with Crippen LogP contribution in [0.5, 0.6) is 5.88 Å². The van der Waals surface area contributed by atoms with Crippen LogP contribution in [0.2, 0.25) is 0 Å². The number of rotatable bonds is 5. The maximum absolute atomic E-state index is 12.3. The molecular weight excluding hydrogens is 380 g/mol. The Hall–Kier alpha value is -2.46. The summed E-state index contributed by atoms with van der Waals surface area (Å²) >= 11 is 0. The third-order valence-electron chi connectivity index (χ3n) is 4.64. The molecule has 10 heteroatoms. The van der Waals surface area contributed by atoms with Crippen molar-refractivity contribution in [2.24, 2.45) is 4.36 Å². The van der Waals surface area contributed by atoms with Gasteiger partial charge in [-0.1, -0.05) is 18.1 Å². The molecule has 9 nitrogen and oxygen atoms in total. The molecule has 2 aliphatic rings. The van der Waals surface area contributed by atoms with Gasteiger partial charge in [0.25, 0.3) is 0 Å². The summed E-state index contributed by atoms with van der Waals surface area (Å²) < 4.78 is 27.4. The van der Waals surface area contributed by atoms with Crippen molar-refractivity contribution in [3.05, 3.63) is 18.2 Å². The molecular formula is C18H23N6O3S-. The van der Waals surface area contributed by atoms with Crippen LogP contribution in [-0.2, 0) is 19.5 Å². The number of anilines is 2. The molecule has 2 aromatic heterocycles. The molecule has 1 saturated heterocycles. The van der Waals surface area contributed by atoms with Crippen LogP contribution in [0.25, 0.3) is 11.4 Å². The summed E-state index contributed by atoms with van der Waals surface area (Å²) in [7, 11) is 0.247. The average Bonchev–Trinajstić information content (AvgIpc) is 3.53. The van der Waals surface area contributed by atoms with Crippen LogP contribution >= 0.6 is 0 Å². The molecule has 0 radical (unpaired) electrons. The lowest BCUT2D eigenvalue weighted by Gasteiger charge is -2.34. The molecule has 1 aliphatic carbocycles. The van der Waals surface area contributed by atoms with Gasteiger partial charge in [0.1, 0.15) is 17.5 Å². The molecule has 0 aromatic carbocycles. The van der Waals surface area contributed by atoms with Crippen LogP contribution in [0.3, 0.4) is 0 Å². The number of pyridine rings is 1. The predicted octanol–water partition coefficient (Wildman–Crippen LogP) is 2.30. The zero-order chi connectivity index (χ0) is 19.7. The fourth-order valence-electron chi connectivity index (χ4n) is 3.01. The molecule has 3 heterocycles. The summed E-state index contributed by atoms with van der Waals surface area (Å²) in [4.78, 5) is 15.5. The van der Waals surface area contributed by atoms with Crippen LogP contribution in [0.4, 0.5) is 17.5 Å². The molecule has 0 unspecified atom stereocenters. The van der Waals surface area contributed by atoms with Crippen LogP contribution in [-0.4, -0.2) is 53.1 Å². The summed E-state index contributed by atoms with van der Waals surface area (Å²) in [6.45, 7) is 4.04. The Morgan fingerprint density at radius 1 is 1.29 bits per heavy atom. The molecule has 28 heavy (non-hydrogen) atoms. The van der Waals surface area contributed by atoms with Crippen molar-refractivity contribution < 1.29 is 13.7 Å². The van der Waals surface area contributed by atoms with Crippen molar-refractivity contribution in [1.82, 2.24) is 15.0 Å². The smallest absolute Gasteiger partial charge is 0.215 e. The lowest BCUT2D eigenvalue weighted by Crippen LogP contribution is -2.44. The fraction of sp³-hybridized carbons (Fsp3) is 0.500. The van der Waals surface area contributed by atoms with Crippen molar-refractivity contribution in [1.29, 1.82) is 0 Å². The van der Waals surface area contributed by atoms with E-state index in [4.69, 9.17) is 20.2 Å². The van der Waals surface area contributed by atoms with E-state index >= 15 is 0 Å². The second kappa shape index (κ2) is 7.88. The molecule has 1 atom stereocenters. The van der Waals surface area contributed by atoms with E-state index in [-0.39, 0.29) is 11.3 Å². The van der Waals surface area contributed by atoms with Crippen molar-refractivity contribution in [2.75, 3.05) is 37.5 Å². The third kappa shape index (κ3) is 4.17. The number of nitrogens with zero attached hydrogens (tertiary/aromatic N) is 5. The van der Waals surface area contributed by atoms with Gasteiger partial charge in [-0.15, -0.1) is 0 Å². The van der Waals surface area contributed by atoms with Crippen LogP contribution in [0.1, 0.15) is 19.8 Å². The maximum atomic E-state index is 12.3. The number of hydrogen-bond acceptors (Lipinski definition) is 10. The van der Waals surface area contributed by atoms with Gasteiger partial charge in [0.15, 0.2) is 5.82 Å². The number of aromatic nitrogens is 3. The first-order valence-electron chi connectivity index (χ1n) is 9.21. The Morgan fingerprint density at radius 3 is 2.82 bits per heavy atom. The topological polar surface area (TPSA) is 116 Å². The Bertz CT molecular complexity index is 958. The summed E-state index contributed by atoms with van der Waals surface area (Å²) in [5.41, 5.74) is 6.56. The molecule has 0 amide bonds. The SMILES string of the molecule is COc1cc(-c2nc(N=[S-](=O)C3CC3)cc(N3CCOC[C@H]3C)n2)cc(N)n1. The highest BCUT2D eigenvalue weighted by Crippen LogP contribution is 2.30. The van der Waals surface area contributed by atoms with E-state index in [1.54, 1.807) is 18.2 Å².